The minimum atomic E-state index is -4.17. The fraction of sp³-hybridized carbons (Fsp3) is 0.545. The van der Waals surface area contributed by atoms with Gasteiger partial charge in [-0.1, -0.05) is 6.92 Å². The molecule has 1 atom stereocenters. The van der Waals surface area contributed by atoms with Crippen LogP contribution in [0, 0.1) is 0 Å². The Labute approximate surface area is 113 Å². The van der Waals surface area contributed by atoms with Gasteiger partial charge < -0.3 is 10.1 Å². The fourth-order valence-corrected chi connectivity index (χ4v) is 1.93. The van der Waals surface area contributed by atoms with Crippen LogP contribution in [0.1, 0.15) is 24.8 Å². The molecule has 19 heavy (non-hydrogen) atoms. The molecule has 0 fully saturated rings. The third-order valence-electron chi connectivity index (χ3n) is 2.26. The van der Waals surface area contributed by atoms with Crippen LogP contribution in [0.25, 0.3) is 0 Å². The lowest BCUT2D eigenvalue weighted by Gasteiger charge is -2.16. The van der Waals surface area contributed by atoms with E-state index in [1.807, 2.05) is 5.32 Å². The maximum atomic E-state index is 13.3. The molecule has 1 amide bonds. The van der Waals surface area contributed by atoms with Gasteiger partial charge in [-0.2, -0.15) is 8.78 Å². The lowest BCUT2D eigenvalue weighted by atomic mass is 10.2. The Bertz CT molecular complexity index is 437. The Morgan fingerprint density at radius 3 is 2.79 bits per heavy atom. The van der Waals surface area contributed by atoms with Gasteiger partial charge in [-0.05, 0) is 6.92 Å². The Kier molecular flexibility index (Phi) is 5.34. The molecule has 5 nitrogen and oxygen atoms in total. The van der Waals surface area contributed by atoms with E-state index in [-0.39, 0.29) is 19.1 Å². The highest BCUT2D eigenvalue weighted by molar-refractivity contribution is 7.09. The number of carbonyl (C=O) groups excluding carboxylic acids is 2. The molecule has 1 rings (SSSR count). The van der Waals surface area contributed by atoms with E-state index in [4.69, 9.17) is 0 Å². The van der Waals surface area contributed by atoms with E-state index in [1.165, 1.54) is 18.3 Å². The van der Waals surface area contributed by atoms with Crippen LogP contribution < -0.4 is 5.32 Å². The highest BCUT2D eigenvalue weighted by atomic mass is 32.1. The van der Waals surface area contributed by atoms with Crippen LogP contribution in [0.3, 0.4) is 0 Å². The molecule has 1 N–H and O–H groups in total. The Morgan fingerprint density at radius 1 is 1.58 bits per heavy atom. The number of nitrogens with zero attached hydrogens (tertiary/aromatic N) is 1. The van der Waals surface area contributed by atoms with Crippen molar-refractivity contribution in [3.05, 3.63) is 16.6 Å². The van der Waals surface area contributed by atoms with Crippen LogP contribution in [0.4, 0.5) is 8.78 Å². The molecular formula is C11H14F2N2O3S. The lowest BCUT2D eigenvalue weighted by Crippen LogP contribution is -2.47. The van der Waals surface area contributed by atoms with Gasteiger partial charge in [-0.15, -0.1) is 11.3 Å². The van der Waals surface area contributed by atoms with Crippen molar-refractivity contribution in [2.45, 2.75) is 25.7 Å². The third-order valence-corrected chi connectivity index (χ3v) is 3.27. The Hall–Kier alpha value is -1.57. The molecule has 1 heterocycles. The number of hydrogen-bond acceptors (Lipinski definition) is 5. The summed E-state index contributed by atoms with van der Waals surface area (Å²) in [5, 5.41) is 4.50. The number of thiazole rings is 1. The Balaban J connectivity index is 2.53. The largest absolute Gasteiger partial charge is 0.461 e. The first kappa shape index (κ1) is 15.5. The van der Waals surface area contributed by atoms with Crippen molar-refractivity contribution in [3.8, 4) is 0 Å². The summed E-state index contributed by atoms with van der Waals surface area (Å²) in [5.74, 6) is -7.87. The van der Waals surface area contributed by atoms with E-state index in [0.29, 0.717) is 0 Å². The average Bonchev–Trinajstić information content (AvgIpc) is 2.89. The van der Waals surface area contributed by atoms with E-state index in [0.717, 1.165) is 5.01 Å². The molecule has 0 aliphatic heterocycles. The second kappa shape index (κ2) is 6.55. The molecule has 1 unspecified atom stereocenters. The molecule has 0 aromatic carbocycles. The van der Waals surface area contributed by atoms with Crippen LogP contribution >= 0.6 is 11.3 Å². The predicted molar refractivity (Wildman–Crippen MR) is 65.1 cm³/mol. The molecule has 106 valence electrons. The highest BCUT2D eigenvalue weighted by Crippen LogP contribution is 2.19. The average molecular weight is 292 g/mol. The lowest BCUT2D eigenvalue weighted by molar-refractivity contribution is -0.177. The number of nitrogens with one attached hydrogen (secondary N) is 1. The van der Waals surface area contributed by atoms with Crippen molar-refractivity contribution in [2.24, 2.45) is 0 Å². The quantitative estimate of drug-likeness (QED) is 0.638. The van der Waals surface area contributed by atoms with Crippen LogP contribution in [-0.2, 0) is 14.3 Å². The summed E-state index contributed by atoms with van der Waals surface area (Å²) >= 11 is 1.36. The summed E-state index contributed by atoms with van der Waals surface area (Å²) in [6, 6.07) is 0. The summed E-state index contributed by atoms with van der Waals surface area (Å²) in [6.07, 6.45) is 1.59. The van der Waals surface area contributed by atoms with E-state index in [1.54, 1.807) is 18.5 Å². The molecule has 0 bridgehead atoms. The smallest absolute Gasteiger partial charge is 0.418 e. The van der Waals surface area contributed by atoms with Gasteiger partial charge in [0.25, 0.3) is 0 Å². The predicted octanol–water partition coefficient (Wildman–Crippen LogP) is 1.56. The summed E-state index contributed by atoms with van der Waals surface area (Å²) in [4.78, 5) is 26.2. The van der Waals surface area contributed by atoms with Crippen molar-refractivity contribution in [1.82, 2.24) is 10.3 Å². The summed E-state index contributed by atoms with van der Waals surface area (Å²) in [6.45, 7) is 2.89. The number of carbonyl (C=O) groups is 2. The fourth-order valence-electron chi connectivity index (χ4n) is 1.24. The van der Waals surface area contributed by atoms with Crippen LogP contribution in [-0.4, -0.2) is 35.9 Å². The monoisotopic (exact) mass is 292 g/mol. The maximum absolute atomic E-state index is 13.3. The molecule has 0 aliphatic carbocycles. The second-order valence-corrected chi connectivity index (χ2v) is 4.70. The first-order valence-electron chi connectivity index (χ1n) is 5.62. The molecule has 0 radical (unpaired) electrons. The maximum Gasteiger partial charge on any atom is 0.418 e. The number of hydrogen-bond donors (Lipinski definition) is 1. The van der Waals surface area contributed by atoms with E-state index in [9.17, 15) is 18.4 Å². The first-order valence-corrected chi connectivity index (χ1v) is 6.50. The number of aromatic nitrogens is 1. The highest BCUT2D eigenvalue weighted by Gasteiger charge is 2.49. The SMILES string of the molecule is CCOC(=O)C(F)(F)C(=O)NCC(C)c1nccs1. The molecule has 0 saturated carbocycles. The van der Waals surface area contributed by atoms with Gasteiger partial charge in [0.2, 0.25) is 0 Å². The van der Waals surface area contributed by atoms with Crippen molar-refractivity contribution in [2.75, 3.05) is 13.2 Å². The minimum absolute atomic E-state index is 0.0264. The molecule has 0 saturated heterocycles. The normalized spacial score (nSPS) is 12.8. The van der Waals surface area contributed by atoms with Gasteiger partial charge in [0.05, 0.1) is 11.6 Å². The van der Waals surface area contributed by atoms with Crippen molar-refractivity contribution >= 4 is 23.2 Å². The second-order valence-electron chi connectivity index (χ2n) is 3.78. The molecule has 1 aromatic heterocycles. The number of halogens is 2. The zero-order valence-electron chi connectivity index (χ0n) is 10.5. The summed E-state index contributed by atoms with van der Waals surface area (Å²) in [7, 11) is 0. The topological polar surface area (TPSA) is 68.3 Å². The Morgan fingerprint density at radius 2 is 2.26 bits per heavy atom. The number of esters is 1. The zero-order valence-corrected chi connectivity index (χ0v) is 11.3. The number of rotatable bonds is 6. The van der Waals surface area contributed by atoms with Gasteiger partial charge in [-0.3, -0.25) is 4.79 Å². The van der Waals surface area contributed by atoms with E-state index < -0.39 is 17.8 Å². The minimum Gasteiger partial charge on any atom is -0.461 e. The number of alkyl halides is 2. The molecule has 0 spiro atoms. The van der Waals surface area contributed by atoms with Crippen LogP contribution in [0.2, 0.25) is 0 Å². The van der Waals surface area contributed by atoms with Crippen LogP contribution in [0.5, 0.6) is 0 Å². The van der Waals surface area contributed by atoms with Crippen molar-refractivity contribution in [1.29, 1.82) is 0 Å². The van der Waals surface area contributed by atoms with Crippen molar-refractivity contribution < 1.29 is 23.1 Å². The number of amides is 1. The summed E-state index contributed by atoms with van der Waals surface area (Å²) < 4.78 is 30.7. The molecular weight excluding hydrogens is 278 g/mol. The van der Waals surface area contributed by atoms with Crippen LogP contribution in [0.15, 0.2) is 11.6 Å². The van der Waals surface area contributed by atoms with Gasteiger partial charge in [0, 0.05) is 24.0 Å². The number of ether oxygens (including phenoxy) is 1. The van der Waals surface area contributed by atoms with E-state index in [2.05, 4.69) is 9.72 Å². The van der Waals surface area contributed by atoms with Gasteiger partial charge in [0.15, 0.2) is 0 Å². The van der Waals surface area contributed by atoms with Gasteiger partial charge in [0.1, 0.15) is 0 Å². The van der Waals surface area contributed by atoms with E-state index >= 15 is 0 Å². The van der Waals surface area contributed by atoms with Gasteiger partial charge >= 0.3 is 17.8 Å². The van der Waals surface area contributed by atoms with Gasteiger partial charge in [-0.25, -0.2) is 9.78 Å². The van der Waals surface area contributed by atoms with Crippen molar-refractivity contribution in [3.63, 3.8) is 0 Å². The standard InChI is InChI=1S/C11H14F2N2O3S/c1-3-18-10(17)11(12,13)9(16)15-6-7(2)8-14-4-5-19-8/h4-5,7H,3,6H2,1-2H3,(H,15,16). The molecule has 8 heteroatoms. The molecule has 0 aliphatic rings. The third kappa shape index (κ3) is 3.95. The summed E-state index contributed by atoms with van der Waals surface area (Å²) in [5.41, 5.74) is 0. The zero-order chi connectivity index (χ0) is 14.5. The first-order chi connectivity index (χ1) is 8.89. The molecule has 1 aromatic rings.